The van der Waals surface area contributed by atoms with Crippen LogP contribution in [0.5, 0.6) is 5.75 Å². The van der Waals surface area contributed by atoms with Crippen LogP contribution in [-0.4, -0.2) is 19.4 Å². The molecule has 0 atom stereocenters. The van der Waals surface area contributed by atoms with Crippen molar-refractivity contribution in [1.82, 2.24) is 4.72 Å². The Balaban J connectivity index is 0.00000106. The first kappa shape index (κ1) is 14.4. The fourth-order valence-corrected chi connectivity index (χ4v) is 1.86. The molecular weight excluding hydrogens is 230 g/mol. The van der Waals surface area contributed by atoms with Crippen LogP contribution in [0.3, 0.4) is 0 Å². The number of aromatic hydroxyl groups is 1. The Morgan fingerprint density at radius 1 is 1.19 bits per heavy atom. The number of sulfonamides is 1. The van der Waals surface area contributed by atoms with Crippen molar-refractivity contribution in [3.63, 3.8) is 0 Å². The molecule has 16 heavy (non-hydrogen) atoms. The summed E-state index contributed by atoms with van der Waals surface area (Å²) in [5.41, 5.74) is 0. The van der Waals surface area contributed by atoms with E-state index in [0.29, 0.717) is 0 Å². The van der Waals surface area contributed by atoms with Gasteiger partial charge in [-0.2, -0.15) is 0 Å². The van der Waals surface area contributed by atoms with Crippen LogP contribution in [0.2, 0.25) is 0 Å². The minimum absolute atomic E-state index is 0.0354. The molecule has 1 amide bonds. The molecule has 0 aromatic heterocycles. The minimum atomic E-state index is -3.79. The molecule has 0 aliphatic heterocycles. The van der Waals surface area contributed by atoms with Gasteiger partial charge in [0.15, 0.2) is 0 Å². The molecule has 6 heteroatoms. The van der Waals surface area contributed by atoms with Gasteiger partial charge in [0.2, 0.25) is 5.91 Å². The molecule has 1 rings (SSSR count). The topological polar surface area (TPSA) is 83.5 Å². The third-order valence-electron chi connectivity index (χ3n) is 1.43. The Bertz CT molecular complexity index is 436. The van der Waals surface area contributed by atoms with Crippen LogP contribution in [0.15, 0.2) is 29.2 Å². The molecule has 0 heterocycles. The summed E-state index contributed by atoms with van der Waals surface area (Å²) in [5, 5.41) is 8.92. The monoisotopic (exact) mass is 245 g/mol. The lowest BCUT2D eigenvalue weighted by atomic mass is 10.3. The highest BCUT2D eigenvalue weighted by Gasteiger charge is 2.14. The SMILES string of the molecule is CC.CC(=O)NS(=O)(=O)c1ccc(O)cc1. The van der Waals surface area contributed by atoms with Gasteiger partial charge in [-0.3, -0.25) is 4.79 Å². The Hall–Kier alpha value is -1.56. The Kier molecular flexibility index (Phi) is 5.52. The normalized spacial score (nSPS) is 9.94. The molecule has 1 aromatic rings. The zero-order valence-electron chi connectivity index (χ0n) is 9.39. The first-order valence-electron chi connectivity index (χ1n) is 4.74. The third kappa shape index (κ3) is 4.31. The van der Waals surface area contributed by atoms with Gasteiger partial charge in [0.25, 0.3) is 10.0 Å². The molecule has 5 nitrogen and oxygen atoms in total. The van der Waals surface area contributed by atoms with E-state index in [9.17, 15) is 13.2 Å². The summed E-state index contributed by atoms with van der Waals surface area (Å²) in [7, 11) is -3.79. The van der Waals surface area contributed by atoms with E-state index in [0.717, 1.165) is 6.92 Å². The molecule has 0 radical (unpaired) electrons. The maximum Gasteiger partial charge on any atom is 0.264 e. The molecule has 0 unspecified atom stereocenters. The predicted octanol–water partition coefficient (Wildman–Crippen LogP) is 1.24. The van der Waals surface area contributed by atoms with Crippen molar-refractivity contribution >= 4 is 15.9 Å². The Labute approximate surface area is 95.2 Å². The highest BCUT2D eigenvalue weighted by molar-refractivity contribution is 7.90. The summed E-state index contributed by atoms with van der Waals surface area (Å²) in [5.74, 6) is -0.690. The number of phenols is 1. The summed E-state index contributed by atoms with van der Waals surface area (Å²) in [6.45, 7) is 5.11. The van der Waals surface area contributed by atoms with E-state index in [2.05, 4.69) is 0 Å². The molecule has 0 bridgehead atoms. The van der Waals surface area contributed by atoms with E-state index in [1.54, 1.807) is 4.72 Å². The maximum absolute atomic E-state index is 11.3. The molecule has 1 aromatic carbocycles. The number of amides is 1. The number of rotatable bonds is 2. The smallest absolute Gasteiger partial charge is 0.264 e. The van der Waals surface area contributed by atoms with Gasteiger partial charge in [-0.15, -0.1) is 0 Å². The third-order valence-corrected chi connectivity index (χ3v) is 2.87. The van der Waals surface area contributed by atoms with Gasteiger partial charge < -0.3 is 5.11 Å². The number of benzene rings is 1. The summed E-state index contributed by atoms with van der Waals surface area (Å²) >= 11 is 0. The van der Waals surface area contributed by atoms with Crippen LogP contribution in [0.1, 0.15) is 20.8 Å². The van der Waals surface area contributed by atoms with Gasteiger partial charge in [0, 0.05) is 6.92 Å². The van der Waals surface area contributed by atoms with Crippen molar-refractivity contribution in [1.29, 1.82) is 0 Å². The van der Waals surface area contributed by atoms with Crippen LogP contribution in [0.4, 0.5) is 0 Å². The van der Waals surface area contributed by atoms with Crippen LogP contribution in [0.25, 0.3) is 0 Å². The molecule has 2 N–H and O–H groups in total. The lowest BCUT2D eigenvalue weighted by Gasteiger charge is -2.03. The number of hydrogen-bond acceptors (Lipinski definition) is 4. The van der Waals surface area contributed by atoms with Crippen LogP contribution >= 0.6 is 0 Å². The molecule has 0 saturated carbocycles. The summed E-state index contributed by atoms with van der Waals surface area (Å²) in [4.78, 5) is 10.5. The predicted molar refractivity (Wildman–Crippen MR) is 60.5 cm³/mol. The molecule has 0 aliphatic carbocycles. The number of hydrogen-bond donors (Lipinski definition) is 2. The standard InChI is InChI=1S/C8H9NO4S.C2H6/c1-6(10)9-14(12,13)8-4-2-7(11)3-5-8;1-2/h2-5,11H,1H3,(H,9,10);1-2H3. The summed E-state index contributed by atoms with van der Waals surface area (Å²) in [6.07, 6.45) is 0. The Morgan fingerprint density at radius 3 is 2.00 bits per heavy atom. The second-order valence-electron chi connectivity index (χ2n) is 2.66. The van der Waals surface area contributed by atoms with Crippen LogP contribution in [0, 0.1) is 0 Å². The molecular formula is C10H15NO4S. The van der Waals surface area contributed by atoms with E-state index >= 15 is 0 Å². The summed E-state index contributed by atoms with van der Waals surface area (Å²) in [6, 6.07) is 4.88. The van der Waals surface area contributed by atoms with E-state index in [-0.39, 0.29) is 10.6 Å². The molecule has 0 fully saturated rings. The summed E-state index contributed by atoms with van der Waals surface area (Å²) < 4.78 is 24.5. The van der Waals surface area contributed by atoms with Crippen molar-refractivity contribution in [2.75, 3.05) is 0 Å². The van der Waals surface area contributed by atoms with E-state index in [4.69, 9.17) is 5.11 Å². The highest BCUT2D eigenvalue weighted by atomic mass is 32.2. The molecule has 0 aliphatic rings. The average molecular weight is 245 g/mol. The quantitative estimate of drug-likeness (QED) is 0.821. The molecule has 0 saturated heterocycles. The van der Waals surface area contributed by atoms with Crippen LogP contribution < -0.4 is 4.72 Å². The van der Waals surface area contributed by atoms with E-state index in [1.165, 1.54) is 24.3 Å². The van der Waals surface area contributed by atoms with Gasteiger partial charge in [-0.25, -0.2) is 13.1 Å². The van der Waals surface area contributed by atoms with Crippen LogP contribution in [-0.2, 0) is 14.8 Å². The number of carbonyl (C=O) groups is 1. The number of phenolic OH excluding ortho intramolecular Hbond substituents is 1. The number of nitrogens with one attached hydrogen (secondary N) is 1. The zero-order chi connectivity index (χ0) is 12.8. The fraction of sp³-hybridized carbons (Fsp3) is 0.300. The molecule has 90 valence electrons. The minimum Gasteiger partial charge on any atom is -0.508 e. The van der Waals surface area contributed by atoms with Crippen molar-refractivity contribution in [3.8, 4) is 5.75 Å². The second-order valence-corrected chi connectivity index (χ2v) is 4.34. The van der Waals surface area contributed by atoms with Gasteiger partial charge >= 0.3 is 0 Å². The lowest BCUT2D eigenvalue weighted by Crippen LogP contribution is -2.28. The largest absolute Gasteiger partial charge is 0.508 e. The van der Waals surface area contributed by atoms with Gasteiger partial charge in [-0.05, 0) is 24.3 Å². The Morgan fingerprint density at radius 2 is 1.62 bits per heavy atom. The fourth-order valence-electron chi connectivity index (χ4n) is 0.873. The van der Waals surface area contributed by atoms with Crippen molar-refractivity contribution in [2.45, 2.75) is 25.7 Å². The zero-order valence-corrected chi connectivity index (χ0v) is 10.2. The van der Waals surface area contributed by atoms with E-state index in [1.807, 2.05) is 13.8 Å². The first-order chi connectivity index (χ1) is 7.42. The molecule has 0 spiro atoms. The van der Waals surface area contributed by atoms with Crippen molar-refractivity contribution < 1.29 is 18.3 Å². The highest BCUT2D eigenvalue weighted by Crippen LogP contribution is 2.13. The van der Waals surface area contributed by atoms with Gasteiger partial charge in [0.05, 0.1) is 4.90 Å². The average Bonchev–Trinajstić information content (AvgIpc) is 2.19. The second kappa shape index (κ2) is 6.12. The first-order valence-corrected chi connectivity index (χ1v) is 6.22. The maximum atomic E-state index is 11.3. The van der Waals surface area contributed by atoms with E-state index < -0.39 is 15.9 Å². The van der Waals surface area contributed by atoms with Crippen molar-refractivity contribution in [2.24, 2.45) is 0 Å². The van der Waals surface area contributed by atoms with Gasteiger partial charge in [0.1, 0.15) is 5.75 Å². The van der Waals surface area contributed by atoms with Gasteiger partial charge in [-0.1, -0.05) is 13.8 Å². The number of carbonyl (C=O) groups excluding carboxylic acids is 1. The van der Waals surface area contributed by atoms with Crippen molar-refractivity contribution in [3.05, 3.63) is 24.3 Å². The lowest BCUT2D eigenvalue weighted by molar-refractivity contribution is -0.117.